The molecule has 0 radical (unpaired) electrons. The number of hydrogen-bond acceptors (Lipinski definition) is 4. The lowest BCUT2D eigenvalue weighted by Crippen LogP contribution is -2.01. The number of rotatable bonds is 8. The van der Waals surface area contributed by atoms with Gasteiger partial charge in [-0.05, 0) is 30.2 Å². The second kappa shape index (κ2) is 8.32. The van der Waals surface area contributed by atoms with Crippen molar-refractivity contribution in [2.75, 3.05) is 21.0 Å². The molecule has 0 unspecified atom stereocenters. The van der Waals surface area contributed by atoms with Crippen LogP contribution in [-0.2, 0) is 9.53 Å². The Hall–Kier alpha value is -1.81. The van der Waals surface area contributed by atoms with Crippen LogP contribution in [0.1, 0.15) is 25.3 Å². The summed E-state index contributed by atoms with van der Waals surface area (Å²) in [5, 5.41) is 0. The summed E-state index contributed by atoms with van der Waals surface area (Å²) in [5.74, 6) is 1.31. The van der Waals surface area contributed by atoms with Crippen LogP contribution in [0, 0.1) is 0 Å². The highest BCUT2D eigenvalue weighted by atomic mass is 16.7. The standard InChI is InChI=1S/C15H20O4/c1-4-6-12(10-16)9-13-14(18-3)7-5-8-15(13)19-11-17-2/h5,7-10H,4,6,11H2,1-3H3/b12-9-. The highest BCUT2D eigenvalue weighted by molar-refractivity contribution is 5.84. The molecule has 4 heteroatoms. The molecule has 1 aromatic rings. The maximum Gasteiger partial charge on any atom is 0.188 e. The number of carbonyl (C=O) groups excluding carboxylic acids is 1. The molecular formula is C15H20O4. The van der Waals surface area contributed by atoms with E-state index in [9.17, 15) is 4.79 Å². The largest absolute Gasteiger partial charge is 0.496 e. The van der Waals surface area contributed by atoms with Gasteiger partial charge in [0.2, 0.25) is 0 Å². The highest BCUT2D eigenvalue weighted by Crippen LogP contribution is 2.31. The van der Waals surface area contributed by atoms with Gasteiger partial charge >= 0.3 is 0 Å². The smallest absolute Gasteiger partial charge is 0.188 e. The van der Waals surface area contributed by atoms with Gasteiger partial charge in [0, 0.05) is 7.11 Å². The molecule has 0 saturated heterocycles. The summed E-state index contributed by atoms with van der Waals surface area (Å²) in [6, 6.07) is 5.49. The van der Waals surface area contributed by atoms with Crippen LogP contribution < -0.4 is 9.47 Å². The molecule has 0 aliphatic carbocycles. The van der Waals surface area contributed by atoms with Crippen molar-refractivity contribution in [1.29, 1.82) is 0 Å². The first-order valence-corrected chi connectivity index (χ1v) is 6.21. The van der Waals surface area contributed by atoms with Crippen molar-refractivity contribution >= 4 is 12.4 Å². The number of hydrogen-bond donors (Lipinski definition) is 0. The molecule has 0 N–H and O–H groups in total. The molecule has 4 nitrogen and oxygen atoms in total. The summed E-state index contributed by atoms with van der Waals surface area (Å²) in [6.45, 7) is 2.18. The van der Waals surface area contributed by atoms with Crippen LogP contribution in [0.2, 0.25) is 0 Å². The average molecular weight is 264 g/mol. The lowest BCUT2D eigenvalue weighted by atomic mass is 10.1. The number of ether oxygens (including phenoxy) is 3. The molecule has 1 rings (SSSR count). The lowest BCUT2D eigenvalue weighted by molar-refractivity contribution is -0.105. The first-order valence-electron chi connectivity index (χ1n) is 6.21. The molecule has 19 heavy (non-hydrogen) atoms. The minimum Gasteiger partial charge on any atom is -0.496 e. The molecular weight excluding hydrogens is 244 g/mol. The van der Waals surface area contributed by atoms with E-state index in [0.717, 1.165) is 24.7 Å². The molecule has 104 valence electrons. The van der Waals surface area contributed by atoms with E-state index >= 15 is 0 Å². The molecule has 0 heterocycles. The Balaban J connectivity index is 3.16. The Kier molecular flexibility index (Phi) is 6.68. The molecule has 0 atom stereocenters. The first-order chi connectivity index (χ1) is 9.26. The quantitative estimate of drug-likeness (QED) is 0.411. The first kappa shape index (κ1) is 15.2. The van der Waals surface area contributed by atoms with Gasteiger partial charge in [-0.1, -0.05) is 19.4 Å². The predicted molar refractivity (Wildman–Crippen MR) is 74.4 cm³/mol. The molecule has 0 bridgehead atoms. The van der Waals surface area contributed by atoms with Crippen LogP contribution >= 0.6 is 0 Å². The Labute approximate surface area is 114 Å². The highest BCUT2D eigenvalue weighted by Gasteiger charge is 2.09. The van der Waals surface area contributed by atoms with Crippen molar-refractivity contribution < 1.29 is 19.0 Å². The maximum atomic E-state index is 11.0. The summed E-state index contributed by atoms with van der Waals surface area (Å²) in [5.41, 5.74) is 1.48. The molecule has 0 aliphatic rings. The Morgan fingerprint density at radius 2 is 2.00 bits per heavy atom. The van der Waals surface area contributed by atoms with Crippen LogP contribution in [0.4, 0.5) is 0 Å². The van der Waals surface area contributed by atoms with Gasteiger partial charge in [-0.25, -0.2) is 0 Å². The average Bonchev–Trinajstić information content (AvgIpc) is 2.45. The van der Waals surface area contributed by atoms with E-state index < -0.39 is 0 Å². The van der Waals surface area contributed by atoms with Crippen molar-refractivity contribution in [3.63, 3.8) is 0 Å². The summed E-state index contributed by atoms with van der Waals surface area (Å²) >= 11 is 0. The third-order valence-corrected chi connectivity index (χ3v) is 2.60. The van der Waals surface area contributed by atoms with Gasteiger partial charge in [-0.2, -0.15) is 0 Å². The fraction of sp³-hybridized carbons (Fsp3) is 0.400. The minimum atomic E-state index is 0.151. The lowest BCUT2D eigenvalue weighted by Gasteiger charge is -2.12. The molecule has 0 saturated carbocycles. The third-order valence-electron chi connectivity index (χ3n) is 2.60. The Morgan fingerprint density at radius 1 is 1.26 bits per heavy atom. The fourth-order valence-electron chi connectivity index (χ4n) is 1.73. The zero-order valence-electron chi connectivity index (χ0n) is 11.6. The van der Waals surface area contributed by atoms with Crippen molar-refractivity contribution in [3.05, 3.63) is 29.3 Å². The summed E-state index contributed by atoms with van der Waals surface area (Å²) in [7, 11) is 3.15. The Bertz CT molecular complexity index is 438. The van der Waals surface area contributed by atoms with E-state index in [1.165, 1.54) is 0 Å². The van der Waals surface area contributed by atoms with Crippen LogP contribution in [-0.4, -0.2) is 27.3 Å². The number of methoxy groups -OCH3 is 2. The molecule has 0 amide bonds. The summed E-state index contributed by atoms with van der Waals surface area (Å²) in [6.07, 6.45) is 4.32. The predicted octanol–water partition coefficient (Wildman–Crippen LogP) is 3.06. The van der Waals surface area contributed by atoms with Gasteiger partial charge in [0.05, 0.1) is 12.7 Å². The molecule has 1 aromatic carbocycles. The van der Waals surface area contributed by atoms with E-state index in [4.69, 9.17) is 14.2 Å². The monoisotopic (exact) mass is 264 g/mol. The molecule has 0 aromatic heterocycles. The van der Waals surface area contributed by atoms with Crippen LogP contribution in [0.25, 0.3) is 6.08 Å². The minimum absolute atomic E-state index is 0.151. The van der Waals surface area contributed by atoms with Gasteiger partial charge in [0.1, 0.15) is 17.8 Å². The van der Waals surface area contributed by atoms with Gasteiger partial charge in [-0.3, -0.25) is 4.79 Å². The second-order valence-corrected chi connectivity index (χ2v) is 4.01. The van der Waals surface area contributed by atoms with Gasteiger partial charge in [-0.15, -0.1) is 0 Å². The number of benzene rings is 1. The van der Waals surface area contributed by atoms with Crippen molar-refractivity contribution in [1.82, 2.24) is 0 Å². The summed E-state index contributed by atoms with van der Waals surface area (Å²) < 4.78 is 15.7. The summed E-state index contributed by atoms with van der Waals surface area (Å²) in [4.78, 5) is 11.0. The topological polar surface area (TPSA) is 44.8 Å². The van der Waals surface area contributed by atoms with Crippen LogP contribution in [0.15, 0.2) is 23.8 Å². The van der Waals surface area contributed by atoms with Crippen LogP contribution in [0.3, 0.4) is 0 Å². The van der Waals surface area contributed by atoms with E-state index in [2.05, 4.69) is 0 Å². The molecule has 0 aliphatic heterocycles. The molecule has 0 spiro atoms. The maximum absolute atomic E-state index is 11.0. The number of allylic oxidation sites excluding steroid dienone is 1. The Morgan fingerprint density at radius 3 is 2.58 bits per heavy atom. The van der Waals surface area contributed by atoms with E-state index in [1.807, 2.05) is 25.1 Å². The molecule has 0 fully saturated rings. The van der Waals surface area contributed by atoms with Crippen molar-refractivity contribution in [3.8, 4) is 11.5 Å². The zero-order chi connectivity index (χ0) is 14.1. The van der Waals surface area contributed by atoms with E-state index in [0.29, 0.717) is 17.1 Å². The normalized spacial score (nSPS) is 11.2. The number of aldehydes is 1. The van der Waals surface area contributed by atoms with Crippen LogP contribution in [0.5, 0.6) is 11.5 Å². The van der Waals surface area contributed by atoms with Gasteiger partial charge < -0.3 is 14.2 Å². The second-order valence-electron chi connectivity index (χ2n) is 4.01. The van der Waals surface area contributed by atoms with E-state index in [1.54, 1.807) is 20.3 Å². The van der Waals surface area contributed by atoms with E-state index in [-0.39, 0.29) is 6.79 Å². The third kappa shape index (κ3) is 4.41. The van der Waals surface area contributed by atoms with Gasteiger partial charge in [0.15, 0.2) is 6.79 Å². The number of carbonyl (C=O) groups is 1. The van der Waals surface area contributed by atoms with Crippen molar-refractivity contribution in [2.45, 2.75) is 19.8 Å². The van der Waals surface area contributed by atoms with Crippen molar-refractivity contribution in [2.24, 2.45) is 0 Å². The zero-order valence-corrected chi connectivity index (χ0v) is 11.6. The fourth-order valence-corrected chi connectivity index (χ4v) is 1.73. The SMILES string of the molecule is CCC/C(C=O)=C/c1c(OC)cccc1OCOC. The van der Waals surface area contributed by atoms with Gasteiger partial charge in [0.25, 0.3) is 0 Å².